The van der Waals surface area contributed by atoms with Crippen molar-refractivity contribution in [2.24, 2.45) is 0 Å². The highest BCUT2D eigenvalue weighted by Gasteiger charge is 2.17. The predicted molar refractivity (Wildman–Crippen MR) is 59.8 cm³/mol. The Morgan fingerprint density at radius 1 is 1.53 bits per heavy atom. The molecule has 0 saturated carbocycles. The summed E-state index contributed by atoms with van der Waals surface area (Å²) < 4.78 is 9.91. The maximum Gasteiger partial charge on any atom is 0.343 e. The van der Waals surface area contributed by atoms with Crippen molar-refractivity contribution in [1.29, 1.82) is 0 Å². The topological polar surface area (TPSA) is 59.7 Å². The van der Waals surface area contributed by atoms with Crippen molar-refractivity contribution in [2.45, 2.75) is 19.6 Å². The number of hydrogen-bond donors (Lipinski definition) is 1. The van der Waals surface area contributed by atoms with Crippen LogP contribution in [0.3, 0.4) is 0 Å². The van der Waals surface area contributed by atoms with E-state index in [9.17, 15) is 9.90 Å². The summed E-state index contributed by atoms with van der Waals surface area (Å²) >= 11 is 1.54. The minimum atomic E-state index is -0.494. The van der Waals surface area contributed by atoms with E-state index >= 15 is 0 Å². The Bertz CT molecular complexity index is 397. The van der Waals surface area contributed by atoms with Crippen LogP contribution in [-0.2, 0) is 5.75 Å². The van der Waals surface area contributed by atoms with Gasteiger partial charge in [0.15, 0.2) is 17.3 Å². The van der Waals surface area contributed by atoms with Gasteiger partial charge in [-0.15, -0.1) is 0 Å². The molecule has 4 nitrogen and oxygen atoms in total. The van der Waals surface area contributed by atoms with E-state index in [1.807, 2.05) is 6.92 Å². The monoisotopic (exact) mass is 230 g/mol. The van der Waals surface area contributed by atoms with E-state index < -0.39 is 5.63 Å². The zero-order valence-corrected chi connectivity index (χ0v) is 9.81. The average Bonchev–Trinajstić information content (AvgIpc) is 2.17. The molecule has 0 bridgehead atoms. The van der Waals surface area contributed by atoms with Crippen LogP contribution in [0.1, 0.15) is 18.2 Å². The van der Waals surface area contributed by atoms with Crippen molar-refractivity contribution in [3.05, 3.63) is 21.7 Å². The highest BCUT2D eigenvalue weighted by atomic mass is 32.2. The highest BCUT2D eigenvalue weighted by Crippen LogP contribution is 2.32. The van der Waals surface area contributed by atoms with Crippen LogP contribution in [0.4, 0.5) is 0 Å². The second-order valence-corrected chi connectivity index (χ2v) is 4.22. The first-order valence-electron chi connectivity index (χ1n) is 4.59. The molecular weight excluding hydrogens is 216 g/mol. The smallest absolute Gasteiger partial charge is 0.343 e. The Balaban J connectivity index is 3.20. The molecule has 0 amide bonds. The molecule has 0 aliphatic rings. The van der Waals surface area contributed by atoms with Gasteiger partial charge < -0.3 is 14.3 Å². The molecule has 1 aromatic heterocycles. The lowest BCUT2D eigenvalue weighted by Crippen LogP contribution is -2.09. The van der Waals surface area contributed by atoms with E-state index in [1.54, 1.807) is 6.92 Å². The fourth-order valence-electron chi connectivity index (χ4n) is 1.22. The fraction of sp³-hybridized carbons (Fsp3) is 0.500. The second-order valence-electron chi connectivity index (χ2n) is 2.94. The molecule has 0 spiro atoms. The molecule has 1 N–H and O–H groups in total. The van der Waals surface area contributed by atoms with Crippen LogP contribution in [0.2, 0.25) is 0 Å². The molecular formula is C10H14O4S. The normalized spacial score (nSPS) is 10.3. The average molecular weight is 230 g/mol. The van der Waals surface area contributed by atoms with Crippen molar-refractivity contribution >= 4 is 11.8 Å². The summed E-state index contributed by atoms with van der Waals surface area (Å²) in [6.07, 6.45) is 0. The van der Waals surface area contributed by atoms with Crippen LogP contribution < -0.4 is 10.4 Å². The van der Waals surface area contributed by atoms with E-state index in [2.05, 4.69) is 0 Å². The largest absolute Gasteiger partial charge is 0.504 e. The van der Waals surface area contributed by atoms with Crippen LogP contribution in [0.25, 0.3) is 0 Å². The van der Waals surface area contributed by atoms with Gasteiger partial charge in [-0.3, -0.25) is 0 Å². The third-order valence-electron chi connectivity index (χ3n) is 1.97. The highest BCUT2D eigenvalue weighted by molar-refractivity contribution is 7.98. The van der Waals surface area contributed by atoms with Gasteiger partial charge in [0.1, 0.15) is 0 Å². The van der Waals surface area contributed by atoms with Gasteiger partial charge in [-0.25, -0.2) is 4.79 Å². The van der Waals surface area contributed by atoms with E-state index in [1.165, 1.54) is 18.9 Å². The lowest BCUT2D eigenvalue weighted by atomic mass is 10.2. The third kappa shape index (κ3) is 2.47. The molecule has 5 heteroatoms. The van der Waals surface area contributed by atoms with Crippen molar-refractivity contribution in [1.82, 2.24) is 0 Å². The van der Waals surface area contributed by atoms with Gasteiger partial charge in [-0.2, -0.15) is 11.8 Å². The number of thioether (sulfide) groups is 1. The van der Waals surface area contributed by atoms with Crippen molar-refractivity contribution < 1.29 is 14.3 Å². The van der Waals surface area contributed by atoms with Gasteiger partial charge in [0, 0.05) is 5.75 Å². The number of rotatable bonds is 4. The Labute approximate surface area is 92.3 Å². The number of ether oxygens (including phenoxy) is 1. The predicted octanol–water partition coefficient (Wildman–Crippen LogP) is 1.92. The summed E-state index contributed by atoms with van der Waals surface area (Å²) in [5.41, 5.74) is -0.226. The molecule has 0 radical (unpaired) electrons. The van der Waals surface area contributed by atoms with Crippen molar-refractivity contribution in [2.75, 3.05) is 12.9 Å². The van der Waals surface area contributed by atoms with Crippen LogP contribution in [0, 0.1) is 6.92 Å². The Kier molecular flexibility index (Phi) is 4.08. The molecule has 15 heavy (non-hydrogen) atoms. The minimum Gasteiger partial charge on any atom is -0.504 e. The maximum absolute atomic E-state index is 11.4. The molecule has 0 aromatic carbocycles. The van der Waals surface area contributed by atoms with Crippen LogP contribution >= 0.6 is 11.8 Å². The zero-order valence-electron chi connectivity index (χ0n) is 8.99. The van der Waals surface area contributed by atoms with Gasteiger partial charge in [0.05, 0.1) is 12.7 Å². The zero-order chi connectivity index (χ0) is 11.4. The minimum absolute atomic E-state index is 0.104. The van der Waals surface area contributed by atoms with Crippen molar-refractivity contribution in [3.8, 4) is 11.5 Å². The molecule has 0 saturated heterocycles. The summed E-state index contributed by atoms with van der Waals surface area (Å²) in [6.45, 7) is 3.56. The van der Waals surface area contributed by atoms with Crippen LogP contribution in [-0.4, -0.2) is 18.0 Å². The van der Waals surface area contributed by atoms with E-state index in [-0.39, 0.29) is 17.1 Å². The number of methoxy groups -OCH3 is 1. The molecule has 84 valence electrons. The fourth-order valence-corrected chi connectivity index (χ4v) is 1.88. The molecule has 1 heterocycles. The Morgan fingerprint density at radius 3 is 2.73 bits per heavy atom. The summed E-state index contributed by atoms with van der Waals surface area (Å²) in [5.74, 6) is 1.73. The standard InChI is InChI=1S/C10H14O4S/c1-4-15-5-7-8(11)9(13-3)6(2)14-10(7)12/h11H,4-5H2,1-3H3. The van der Waals surface area contributed by atoms with Gasteiger partial charge >= 0.3 is 5.63 Å². The molecule has 0 aliphatic carbocycles. The van der Waals surface area contributed by atoms with Gasteiger partial charge in [0.25, 0.3) is 0 Å². The molecule has 1 rings (SSSR count). The number of aryl methyl sites for hydroxylation is 1. The first-order chi connectivity index (χ1) is 7.11. The summed E-state index contributed by atoms with van der Waals surface area (Å²) in [4.78, 5) is 11.4. The van der Waals surface area contributed by atoms with Gasteiger partial charge in [0.2, 0.25) is 0 Å². The summed E-state index contributed by atoms with van der Waals surface area (Å²) in [5, 5.41) is 9.78. The quantitative estimate of drug-likeness (QED) is 0.856. The number of hydrogen-bond acceptors (Lipinski definition) is 5. The Morgan fingerprint density at radius 2 is 2.20 bits per heavy atom. The van der Waals surface area contributed by atoms with Crippen molar-refractivity contribution in [3.63, 3.8) is 0 Å². The van der Waals surface area contributed by atoms with Gasteiger partial charge in [-0.05, 0) is 12.7 Å². The first kappa shape index (κ1) is 12.0. The SMILES string of the molecule is CCSCc1c(O)c(OC)c(C)oc1=O. The van der Waals surface area contributed by atoms with Crippen LogP contribution in [0.15, 0.2) is 9.21 Å². The Hall–Kier alpha value is -1.10. The molecule has 0 unspecified atom stereocenters. The lowest BCUT2D eigenvalue weighted by Gasteiger charge is -2.08. The van der Waals surface area contributed by atoms with E-state index in [4.69, 9.17) is 9.15 Å². The molecule has 0 fully saturated rings. The second kappa shape index (κ2) is 5.11. The lowest BCUT2D eigenvalue weighted by molar-refractivity contribution is 0.333. The van der Waals surface area contributed by atoms with E-state index in [0.29, 0.717) is 11.5 Å². The summed E-state index contributed by atoms with van der Waals surface area (Å²) in [6, 6.07) is 0. The van der Waals surface area contributed by atoms with E-state index in [0.717, 1.165) is 5.75 Å². The molecule has 1 aromatic rings. The first-order valence-corrected chi connectivity index (χ1v) is 5.74. The maximum atomic E-state index is 11.4. The summed E-state index contributed by atoms with van der Waals surface area (Å²) in [7, 11) is 1.43. The molecule has 0 atom stereocenters. The molecule has 0 aliphatic heterocycles. The van der Waals surface area contributed by atoms with Gasteiger partial charge in [-0.1, -0.05) is 6.92 Å². The van der Waals surface area contributed by atoms with Crippen LogP contribution in [0.5, 0.6) is 11.5 Å². The third-order valence-corrected chi connectivity index (χ3v) is 2.87. The number of aromatic hydroxyl groups is 1.